The van der Waals surface area contributed by atoms with E-state index < -0.39 is 0 Å². The summed E-state index contributed by atoms with van der Waals surface area (Å²) in [7, 11) is 0. The lowest BCUT2D eigenvalue weighted by atomic mass is 10.1. The second kappa shape index (κ2) is 5.78. The third-order valence-corrected chi connectivity index (χ3v) is 4.17. The molecule has 1 aromatic heterocycles. The predicted molar refractivity (Wildman–Crippen MR) is 76.6 cm³/mol. The summed E-state index contributed by atoms with van der Waals surface area (Å²) in [6, 6.07) is 6.50. The van der Waals surface area contributed by atoms with Crippen LogP contribution in [0.5, 0.6) is 0 Å². The minimum atomic E-state index is -0.226. The topological polar surface area (TPSA) is 51.4 Å². The van der Waals surface area contributed by atoms with Gasteiger partial charge in [-0.15, -0.1) is 0 Å². The van der Waals surface area contributed by atoms with Crippen molar-refractivity contribution in [2.45, 2.75) is 31.4 Å². The van der Waals surface area contributed by atoms with E-state index in [2.05, 4.69) is 15.0 Å². The molecule has 0 bridgehead atoms. The smallest absolute Gasteiger partial charge is 0.229 e. The van der Waals surface area contributed by atoms with Crippen LogP contribution in [0.1, 0.15) is 42.1 Å². The zero-order chi connectivity index (χ0) is 14.9. The number of nitrogens with zero attached hydrogens (tertiary/aromatic N) is 3. The number of halogens is 1. The van der Waals surface area contributed by atoms with E-state index in [0.717, 1.165) is 43.2 Å². The third-order valence-electron chi connectivity index (χ3n) is 4.17. The number of hydrogen-bond donors (Lipinski definition) is 0. The molecule has 2 heterocycles. The van der Waals surface area contributed by atoms with Gasteiger partial charge in [0.05, 0.1) is 19.3 Å². The van der Waals surface area contributed by atoms with Gasteiger partial charge >= 0.3 is 0 Å². The molecule has 1 aliphatic carbocycles. The zero-order valence-electron chi connectivity index (χ0n) is 12.2. The van der Waals surface area contributed by atoms with E-state index in [1.807, 2.05) is 0 Å². The van der Waals surface area contributed by atoms with Crippen LogP contribution in [0.2, 0.25) is 0 Å². The largest absolute Gasteiger partial charge is 0.371 e. The quantitative estimate of drug-likeness (QED) is 0.869. The number of hydrogen-bond acceptors (Lipinski definition) is 5. The first-order chi connectivity index (χ1) is 10.8. The van der Waals surface area contributed by atoms with Crippen LogP contribution in [0, 0.1) is 5.82 Å². The van der Waals surface area contributed by atoms with Crippen LogP contribution in [-0.2, 0) is 11.3 Å². The number of benzene rings is 1. The number of rotatable bonds is 4. The van der Waals surface area contributed by atoms with Crippen LogP contribution in [0.15, 0.2) is 28.8 Å². The standard InChI is InChI=1S/C16H18FN3O2/c17-13-5-3-11(4-6-13)14-9-20(7-8-21-14)10-15-18-16(22-19-15)12-1-2-12/h3-6,12,14H,1-2,7-10H2/t14-/m1/s1. The van der Waals surface area contributed by atoms with E-state index in [1.54, 1.807) is 12.1 Å². The molecule has 1 saturated heterocycles. The van der Waals surface area contributed by atoms with Gasteiger partial charge in [-0.2, -0.15) is 4.98 Å². The Morgan fingerprint density at radius 3 is 2.82 bits per heavy atom. The van der Waals surface area contributed by atoms with E-state index in [4.69, 9.17) is 9.26 Å². The van der Waals surface area contributed by atoms with Crippen LogP contribution < -0.4 is 0 Å². The van der Waals surface area contributed by atoms with Gasteiger partial charge < -0.3 is 9.26 Å². The summed E-state index contributed by atoms with van der Waals surface area (Å²) in [4.78, 5) is 6.71. The van der Waals surface area contributed by atoms with Crippen molar-refractivity contribution >= 4 is 0 Å². The third kappa shape index (κ3) is 3.03. The van der Waals surface area contributed by atoms with Crippen LogP contribution in [0.25, 0.3) is 0 Å². The fourth-order valence-corrected chi connectivity index (χ4v) is 2.75. The van der Waals surface area contributed by atoms with Crippen molar-refractivity contribution in [2.24, 2.45) is 0 Å². The molecule has 2 fully saturated rings. The lowest BCUT2D eigenvalue weighted by molar-refractivity contribution is -0.0338. The Bertz CT molecular complexity index is 639. The first-order valence-corrected chi connectivity index (χ1v) is 7.70. The fourth-order valence-electron chi connectivity index (χ4n) is 2.75. The van der Waals surface area contributed by atoms with Gasteiger partial charge in [0, 0.05) is 19.0 Å². The maximum atomic E-state index is 13.0. The van der Waals surface area contributed by atoms with Gasteiger partial charge in [0.15, 0.2) is 5.82 Å². The summed E-state index contributed by atoms with van der Waals surface area (Å²) in [5.74, 6) is 1.77. The summed E-state index contributed by atoms with van der Waals surface area (Å²) in [6.07, 6.45) is 2.28. The lowest BCUT2D eigenvalue weighted by Crippen LogP contribution is -2.38. The van der Waals surface area contributed by atoms with Crippen LogP contribution in [0.3, 0.4) is 0 Å². The molecule has 116 valence electrons. The fraction of sp³-hybridized carbons (Fsp3) is 0.500. The Morgan fingerprint density at radius 1 is 1.23 bits per heavy atom. The first-order valence-electron chi connectivity index (χ1n) is 7.70. The molecular formula is C16H18FN3O2. The number of aromatic nitrogens is 2. The summed E-state index contributed by atoms with van der Waals surface area (Å²) in [5.41, 5.74) is 0.998. The molecular weight excluding hydrogens is 285 g/mol. The second-order valence-corrected chi connectivity index (χ2v) is 5.97. The molecule has 0 radical (unpaired) electrons. The summed E-state index contributed by atoms with van der Waals surface area (Å²) in [5, 5.41) is 4.06. The van der Waals surface area contributed by atoms with Gasteiger partial charge in [0.1, 0.15) is 5.82 Å². The van der Waals surface area contributed by atoms with Gasteiger partial charge in [-0.3, -0.25) is 4.90 Å². The van der Waals surface area contributed by atoms with Crippen molar-refractivity contribution in [3.05, 3.63) is 47.4 Å². The van der Waals surface area contributed by atoms with Gasteiger partial charge in [0.25, 0.3) is 0 Å². The van der Waals surface area contributed by atoms with Crippen molar-refractivity contribution in [1.82, 2.24) is 15.0 Å². The van der Waals surface area contributed by atoms with Crippen molar-refractivity contribution < 1.29 is 13.7 Å². The molecule has 1 aliphatic heterocycles. The van der Waals surface area contributed by atoms with Crippen LogP contribution >= 0.6 is 0 Å². The molecule has 1 atom stereocenters. The Balaban J connectivity index is 1.40. The highest BCUT2D eigenvalue weighted by Crippen LogP contribution is 2.38. The Kier molecular flexibility index (Phi) is 3.63. The van der Waals surface area contributed by atoms with E-state index in [9.17, 15) is 4.39 Å². The minimum absolute atomic E-state index is 0.0378. The van der Waals surface area contributed by atoms with E-state index in [-0.39, 0.29) is 11.9 Å². The van der Waals surface area contributed by atoms with Crippen molar-refractivity contribution in [3.8, 4) is 0 Å². The van der Waals surface area contributed by atoms with E-state index in [1.165, 1.54) is 12.1 Å². The Morgan fingerprint density at radius 2 is 2.05 bits per heavy atom. The van der Waals surface area contributed by atoms with Gasteiger partial charge in [-0.25, -0.2) is 4.39 Å². The normalized spacial score (nSPS) is 22.9. The highest BCUT2D eigenvalue weighted by molar-refractivity contribution is 5.19. The molecule has 1 saturated carbocycles. The minimum Gasteiger partial charge on any atom is -0.371 e. The Labute approximate surface area is 128 Å². The van der Waals surface area contributed by atoms with Crippen LogP contribution in [0.4, 0.5) is 4.39 Å². The molecule has 2 aromatic rings. The maximum Gasteiger partial charge on any atom is 0.229 e. The second-order valence-electron chi connectivity index (χ2n) is 5.97. The lowest BCUT2D eigenvalue weighted by Gasteiger charge is -2.32. The number of ether oxygens (including phenoxy) is 1. The summed E-state index contributed by atoms with van der Waals surface area (Å²) in [6.45, 7) is 2.90. The molecule has 0 unspecified atom stereocenters. The van der Waals surface area contributed by atoms with Crippen molar-refractivity contribution in [1.29, 1.82) is 0 Å². The summed E-state index contributed by atoms with van der Waals surface area (Å²) < 4.78 is 24.1. The predicted octanol–water partition coefficient (Wildman–Crippen LogP) is 2.66. The maximum absolute atomic E-state index is 13.0. The van der Waals surface area contributed by atoms with Crippen molar-refractivity contribution in [2.75, 3.05) is 19.7 Å². The molecule has 2 aliphatic rings. The molecule has 6 heteroatoms. The monoisotopic (exact) mass is 303 g/mol. The molecule has 22 heavy (non-hydrogen) atoms. The average molecular weight is 303 g/mol. The molecule has 5 nitrogen and oxygen atoms in total. The van der Waals surface area contributed by atoms with Gasteiger partial charge in [-0.05, 0) is 30.5 Å². The molecule has 4 rings (SSSR count). The molecule has 1 aromatic carbocycles. The Hall–Kier alpha value is -1.79. The van der Waals surface area contributed by atoms with Gasteiger partial charge in [0.2, 0.25) is 5.89 Å². The molecule has 0 N–H and O–H groups in total. The van der Waals surface area contributed by atoms with E-state index >= 15 is 0 Å². The van der Waals surface area contributed by atoms with Crippen LogP contribution in [-0.4, -0.2) is 34.7 Å². The average Bonchev–Trinajstić information content (AvgIpc) is 3.29. The highest BCUT2D eigenvalue weighted by Gasteiger charge is 2.30. The molecule has 0 amide bonds. The summed E-state index contributed by atoms with van der Waals surface area (Å²) >= 11 is 0. The zero-order valence-corrected chi connectivity index (χ0v) is 12.2. The number of morpholine rings is 1. The van der Waals surface area contributed by atoms with E-state index in [0.29, 0.717) is 19.1 Å². The highest BCUT2D eigenvalue weighted by atomic mass is 19.1. The SMILES string of the molecule is Fc1ccc([C@H]2CN(Cc3noc(C4CC4)n3)CCO2)cc1. The molecule has 0 spiro atoms. The van der Waals surface area contributed by atoms with Crippen molar-refractivity contribution in [3.63, 3.8) is 0 Å². The first kappa shape index (κ1) is 13.8. The van der Waals surface area contributed by atoms with Gasteiger partial charge in [-0.1, -0.05) is 17.3 Å².